The van der Waals surface area contributed by atoms with Gasteiger partial charge in [-0.2, -0.15) is 0 Å². The van der Waals surface area contributed by atoms with Gasteiger partial charge in [-0.25, -0.2) is 14.4 Å². The van der Waals surface area contributed by atoms with Crippen molar-refractivity contribution in [2.75, 3.05) is 38.7 Å². The van der Waals surface area contributed by atoms with Gasteiger partial charge in [0.15, 0.2) is 23.0 Å². The van der Waals surface area contributed by atoms with E-state index in [1.165, 1.54) is 7.11 Å². The fourth-order valence-corrected chi connectivity index (χ4v) is 6.67. The zero-order chi connectivity index (χ0) is 34.5. The predicted octanol–water partition coefficient (Wildman–Crippen LogP) is 6.41. The van der Waals surface area contributed by atoms with Crippen molar-refractivity contribution < 1.29 is 23.8 Å². The number of aryl methyl sites for hydroxylation is 1. The monoisotopic (exact) mass is 668 g/mol. The summed E-state index contributed by atoms with van der Waals surface area (Å²) in [6.45, 7) is 7.79. The first-order valence-electron chi connectivity index (χ1n) is 17.3. The van der Waals surface area contributed by atoms with Gasteiger partial charge in [-0.1, -0.05) is 25.5 Å². The van der Waals surface area contributed by atoms with Crippen LogP contribution in [0, 0.1) is 11.7 Å². The number of likely N-dealkylation sites (tertiary alicyclic amines) is 1. The number of imidazole rings is 1. The molecule has 0 unspecified atom stereocenters. The van der Waals surface area contributed by atoms with Crippen LogP contribution in [0.25, 0.3) is 16.9 Å². The molecule has 0 spiro atoms. The minimum Gasteiger partial charge on any atom is -0.494 e. The second-order valence-electron chi connectivity index (χ2n) is 13.0. The van der Waals surface area contributed by atoms with Crippen molar-refractivity contribution in [2.45, 2.75) is 64.2 Å². The molecule has 2 aliphatic rings. The van der Waals surface area contributed by atoms with Crippen molar-refractivity contribution in [3.63, 3.8) is 0 Å². The molecule has 49 heavy (non-hydrogen) atoms. The van der Waals surface area contributed by atoms with Gasteiger partial charge in [0.1, 0.15) is 0 Å². The fourth-order valence-electron chi connectivity index (χ4n) is 6.67. The number of carbonyl (C=O) groups is 2. The maximum atomic E-state index is 15.3. The molecule has 1 saturated carbocycles. The lowest BCUT2D eigenvalue weighted by atomic mass is 9.93. The first-order valence-corrected chi connectivity index (χ1v) is 17.3. The van der Waals surface area contributed by atoms with Crippen molar-refractivity contribution in [1.82, 2.24) is 24.6 Å². The Labute approximate surface area is 286 Å². The summed E-state index contributed by atoms with van der Waals surface area (Å²) >= 11 is 0. The van der Waals surface area contributed by atoms with Crippen LogP contribution in [-0.4, -0.2) is 69.5 Å². The number of aliphatic hydroxyl groups is 1. The third kappa shape index (κ3) is 7.46. The minimum atomic E-state index is -0.314. The van der Waals surface area contributed by atoms with E-state index in [4.69, 9.17) is 4.74 Å². The van der Waals surface area contributed by atoms with Crippen molar-refractivity contribution in [1.29, 1.82) is 0 Å². The average molecular weight is 669 g/mol. The van der Waals surface area contributed by atoms with Crippen LogP contribution in [0.4, 0.5) is 15.9 Å². The van der Waals surface area contributed by atoms with Crippen LogP contribution in [0.3, 0.4) is 0 Å². The average Bonchev–Trinajstić information content (AvgIpc) is 3.86. The summed E-state index contributed by atoms with van der Waals surface area (Å²) in [5.41, 5.74) is 6.17. The summed E-state index contributed by atoms with van der Waals surface area (Å²) in [6, 6.07) is 9.19. The van der Waals surface area contributed by atoms with Crippen LogP contribution in [0.1, 0.15) is 79.3 Å². The van der Waals surface area contributed by atoms with Gasteiger partial charge < -0.3 is 25.4 Å². The molecule has 1 aliphatic carbocycles. The molecular weight excluding hydrogens is 623 g/mol. The van der Waals surface area contributed by atoms with E-state index in [1.54, 1.807) is 18.5 Å². The van der Waals surface area contributed by atoms with Crippen LogP contribution in [0.15, 0.2) is 61.1 Å². The number of unbranched alkanes of at least 4 members (excludes halogenated alkanes) is 2. The highest BCUT2D eigenvalue weighted by Crippen LogP contribution is 2.47. The summed E-state index contributed by atoms with van der Waals surface area (Å²) in [6.07, 6.45) is 11.4. The minimum absolute atomic E-state index is 0.0260. The van der Waals surface area contributed by atoms with Gasteiger partial charge in [-0.05, 0) is 80.3 Å². The largest absolute Gasteiger partial charge is 0.494 e. The van der Waals surface area contributed by atoms with E-state index in [1.807, 2.05) is 46.7 Å². The molecule has 1 aliphatic heterocycles. The number of benzene rings is 2. The molecule has 11 heteroatoms. The number of hydrogen-bond donors (Lipinski definition) is 3. The number of piperidine rings is 1. The second kappa shape index (κ2) is 15.2. The molecule has 1 saturated heterocycles. The van der Waals surface area contributed by atoms with Crippen LogP contribution < -0.4 is 15.4 Å². The molecule has 4 aromatic rings. The Morgan fingerprint density at radius 3 is 2.73 bits per heavy atom. The van der Waals surface area contributed by atoms with E-state index in [2.05, 4.69) is 27.2 Å². The molecule has 3 heterocycles. The standard InChI is InChI=1S/C38H45FN6O4/c1-4-25-20-28(11-12-29(25)38(48)41-16-7-5-6-8-33(47)44-18-15-24(2)27(22-44)23-46)43-36-37-42-21-31(45(37)19-17-40-36)30-13-14-32(49-3)35(39)34(30)26-9-10-26/h11-14,17,19-21,26-27,46H,2,4-10,15-16,18,22-23H2,1,3H3,(H,40,43)(H,41,48)/t27-/m0/s1. The third-order valence-corrected chi connectivity index (χ3v) is 9.69. The van der Waals surface area contributed by atoms with Gasteiger partial charge in [0.05, 0.1) is 25.6 Å². The van der Waals surface area contributed by atoms with Crippen LogP contribution in [-0.2, 0) is 11.2 Å². The number of anilines is 2. The molecule has 2 fully saturated rings. The highest BCUT2D eigenvalue weighted by Gasteiger charge is 2.32. The zero-order valence-electron chi connectivity index (χ0n) is 28.3. The molecule has 258 valence electrons. The number of nitrogens with zero attached hydrogens (tertiary/aromatic N) is 4. The van der Waals surface area contributed by atoms with E-state index < -0.39 is 0 Å². The first-order chi connectivity index (χ1) is 23.8. The number of methoxy groups -OCH3 is 1. The first kappa shape index (κ1) is 34.1. The summed E-state index contributed by atoms with van der Waals surface area (Å²) in [7, 11) is 1.48. The Hall–Kier alpha value is -4.77. The number of aliphatic hydroxyl groups excluding tert-OH is 1. The SMILES string of the molecule is C=C1CCN(C(=O)CCCCCNC(=O)c2ccc(Nc3nccn4c(-c5ccc(OC)c(F)c5C5CC5)cnc34)cc2CC)C[C@H]1CO. The lowest BCUT2D eigenvalue weighted by Crippen LogP contribution is -2.41. The molecule has 0 radical (unpaired) electrons. The van der Waals surface area contributed by atoms with Crippen LogP contribution >= 0.6 is 0 Å². The van der Waals surface area contributed by atoms with Gasteiger partial charge in [0, 0.05) is 66.7 Å². The van der Waals surface area contributed by atoms with E-state index in [0.29, 0.717) is 55.1 Å². The molecule has 0 bridgehead atoms. The highest BCUT2D eigenvalue weighted by atomic mass is 19.1. The number of ether oxygens (including phenoxy) is 1. The molecule has 1 atom stereocenters. The van der Waals surface area contributed by atoms with Gasteiger partial charge in [0.25, 0.3) is 5.91 Å². The predicted molar refractivity (Wildman–Crippen MR) is 188 cm³/mol. The van der Waals surface area contributed by atoms with E-state index in [9.17, 15) is 14.7 Å². The van der Waals surface area contributed by atoms with Crippen molar-refractivity contribution >= 4 is 29.0 Å². The van der Waals surface area contributed by atoms with E-state index in [-0.39, 0.29) is 41.8 Å². The summed E-state index contributed by atoms with van der Waals surface area (Å²) in [5, 5.41) is 15.9. The molecular formula is C38H45FN6O4. The molecule has 2 amide bonds. The summed E-state index contributed by atoms with van der Waals surface area (Å²) in [4.78, 5) is 36.8. The van der Waals surface area contributed by atoms with Gasteiger partial charge in [-0.15, -0.1) is 0 Å². The van der Waals surface area contributed by atoms with Crippen molar-refractivity contribution in [2.24, 2.45) is 5.92 Å². The Kier molecular flexibility index (Phi) is 10.6. The third-order valence-electron chi connectivity index (χ3n) is 9.69. The van der Waals surface area contributed by atoms with E-state index in [0.717, 1.165) is 66.6 Å². The lowest BCUT2D eigenvalue weighted by Gasteiger charge is -2.33. The summed E-state index contributed by atoms with van der Waals surface area (Å²) < 4.78 is 22.5. The molecule has 2 aromatic carbocycles. The van der Waals surface area contributed by atoms with Gasteiger partial charge in [-0.3, -0.25) is 14.0 Å². The Morgan fingerprint density at radius 1 is 1.14 bits per heavy atom. The van der Waals surface area contributed by atoms with Crippen LogP contribution in [0.2, 0.25) is 0 Å². The second-order valence-corrected chi connectivity index (χ2v) is 13.0. The number of fused-ring (bicyclic) bond motifs is 1. The Morgan fingerprint density at radius 2 is 1.98 bits per heavy atom. The van der Waals surface area contributed by atoms with Gasteiger partial charge in [0.2, 0.25) is 5.91 Å². The van der Waals surface area contributed by atoms with Gasteiger partial charge >= 0.3 is 0 Å². The molecule has 10 nitrogen and oxygen atoms in total. The molecule has 6 rings (SSSR count). The summed E-state index contributed by atoms with van der Waals surface area (Å²) in [5.74, 6) is 0.613. The number of rotatable bonds is 14. The molecule has 2 aromatic heterocycles. The quantitative estimate of drug-likeness (QED) is 0.105. The fraction of sp³-hybridized carbons (Fsp3) is 0.421. The van der Waals surface area contributed by atoms with Crippen molar-refractivity contribution in [3.8, 4) is 17.0 Å². The smallest absolute Gasteiger partial charge is 0.251 e. The number of carbonyl (C=O) groups excluding carboxylic acids is 2. The maximum Gasteiger partial charge on any atom is 0.251 e. The Balaban J connectivity index is 1.05. The number of amides is 2. The normalized spacial score (nSPS) is 16.2. The maximum absolute atomic E-state index is 15.3. The van der Waals surface area contributed by atoms with Crippen LogP contribution in [0.5, 0.6) is 5.75 Å². The van der Waals surface area contributed by atoms with E-state index >= 15 is 4.39 Å². The Bertz CT molecular complexity index is 1850. The topological polar surface area (TPSA) is 121 Å². The highest BCUT2D eigenvalue weighted by molar-refractivity contribution is 5.96. The number of halogens is 1. The number of nitrogens with one attached hydrogen (secondary N) is 2. The number of aromatic nitrogens is 3. The number of hydrogen-bond acceptors (Lipinski definition) is 7. The van der Waals surface area contributed by atoms with Crippen molar-refractivity contribution in [3.05, 3.63) is 83.6 Å². The zero-order valence-corrected chi connectivity index (χ0v) is 28.3. The molecule has 3 N–H and O–H groups in total. The lowest BCUT2D eigenvalue weighted by molar-refractivity contribution is -0.132.